The summed E-state index contributed by atoms with van der Waals surface area (Å²) in [6.45, 7) is 1.88. The summed E-state index contributed by atoms with van der Waals surface area (Å²) in [4.78, 5) is 37.8. The van der Waals surface area contributed by atoms with E-state index >= 15 is 0 Å². The fraction of sp³-hybridized carbons (Fsp3) is 0.192. The molecule has 3 rings (SSSR count). The maximum atomic E-state index is 13.1. The van der Waals surface area contributed by atoms with Crippen molar-refractivity contribution in [2.24, 2.45) is 0 Å². The van der Waals surface area contributed by atoms with E-state index in [1.54, 1.807) is 54.6 Å². The zero-order valence-electron chi connectivity index (χ0n) is 18.6. The van der Waals surface area contributed by atoms with Crippen LogP contribution in [0.5, 0.6) is 0 Å². The van der Waals surface area contributed by atoms with Gasteiger partial charge in [-0.05, 0) is 25.1 Å². The first-order valence-corrected chi connectivity index (χ1v) is 10.9. The van der Waals surface area contributed by atoms with Crippen LogP contribution in [0.2, 0.25) is 5.02 Å². The number of benzene rings is 3. The van der Waals surface area contributed by atoms with E-state index in [1.165, 1.54) is 0 Å². The van der Waals surface area contributed by atoms with Crippen molar-refractivity contribution in [1.29, 1.82) is 0 Å². The molecule has 0 fully saturated rings. The Balaban J connectivity index is 1.66. The van der Waals surface area contributed by atoms with Crippen molar-refractivity contribution < 1.29 is 32.3 Å². The second-order valence-electron chi connectivity index (χ2n) is 7.75. The Morgan fingerprint density at radius 3 is 2.23 bits per heavy atom. The molecule has 0 unspecified atom stereocenters. The molecule has 3 aromatic carbocycles. The van der Waals surface area contributed by atoms with Gasteiger partial charge in [0.1, 0.15) is 0 Å². The minimum Gasteiger partial charge on any atom is -0.449 e. The number of halogens is 4. The molecule has 0 aliphatic carbocycles. The summed E-state index contributed by atoms with van der Waals surface area (Å²) in [5.74, 6) is -1.97. The number of hydrogen-bond donors (Lipinski definition) is 1. The number of ketones is 1. The number of Topliss-reactive ketones (excluding diaryl/α,β-unsaturated/α-hetero) is 1. The van der Waals surface area contributed by atoms with Gasteiger partial charge in [-0.15, -0.1) is 0 Å². The van der Waals surface area contributed by atoms with Crippen molar-refractivity contribution in [3.8, 4) is 0 Å². The van der Waals surface area contributed by atoms with Crippen LogP contribution in [0.15, 0.2) is 72.8 Å². The lowest BCUT2D eigenvalue weighted by Gasteiger charge is -2.18. The Morgan fingerprint density at radius 2 is 1.60 bits per heavy atom. The first-order chi connectivity index (χ1) is 16.5. The van der Waals surface area contributed by atoms with Crippen molar-refractivity contribution in [2.45, 2.75) is 32.0 Å². The molecular formula is C26H21ClF3NO4. The molecule has 1 atom stereocenters. The molecule has 35 heavy (non-hydrogen) atoms. The lowest BCUT2D eigenvalue weighted by atomic mass is 9.99. The van der Waals surface area contributed by atoms with E-state index < -0.39 is 41.9 Å². The molecule has 182 valence electrons. The van der Waals surface area contributed by atoms with Crippen LogP contribution in [0.4, 0.5) is 18.9 Å². The first kappa shape index (κ1) is 26.0. The van der Waals surface area contributed by atoms with Gasteiger partial charge < -0.3 is 10.1 Å². The number of aryl methyl sites for hydroxylation is 1. The summed E-state index contributed by atoms with van der Waals surface area (Å²) in [7, 11) is 0. The molecule has 0 saturated carbocycles. The van der Waals surface area contributed by atoms with Gasteiger partial charge in [-0.3, -0.25) is 14.4 Å². The van der Waals surface area contributed by atoms with E-state index in [0.29, 0.717) is 17.2 Å². The van der Waals surface area contributed by atoms with Crippen molar-refractivity contribution in [2.75, 3.05) is 5.32 Å². The number of alkyl halides is 3. The lowest BCUT2D eigenvalue weighted by molar-refractivity contribution is -0.148. The summed E-state index contributed by atoms with van der Waals surface area (Å²) in [6, 6.07) is 17.8. The number of nitrogens with one attached hydrogen (secondary N) is 1. The summed E-state index contributed by atoms with van der Waals surface area (Å²) in [5, 5.41) is 2.19. The molecular weight excluding hydrogens is 483 g/mol. The Morgan fingerprint density at radius 1 is 0.943 bits per heavy atom. The average molecular weight is 504 g/mol. The van der Waals surface area contributed by atoms with Crippen LogP contribution in [0, 0.1) is 6.92 Å². The second-order valence-corrected chi connectivity index (χ2v) is 8.16. The predicted octanol–water partition coefficient (Wildman–Crippen LogP) is 6.55. The number of amides is 1. The minimum atomic E-state index is -4.61. The molecule has 0 aliphatic heterocycles. The molecule has 9 heteroatoms. The molecule has 1 amide bonds. The molecule has 0 radical (unpaired) electrons. The van der Waals surface area contributed by atoms with Crippen LogP contribution in [0.3, 0.4) is 0 Å². The molecule has 0 bridgehead atoms. The second kappa shape index (κ2) is 11.2. The summed E-state index contributed by atoms with van der Waals surface area (Å²) < 4.78 is 44.2. The predicted molar refractivity (Wildman–Crippen MR) is 125 cm³/mol. The number of carbonyl (C=O) groups excluding carboxylic acids is 3. The van der Waals surface area contributed by atoms with Crippen LogP contribution >= 0.6 is 11.6 Å². The summed E-state index contributed by atoms with van der Waals surface area (Å²) >= 11 is 5.88. The van der Waals surface area contributed by atoms with Crippen LogP contribution in [-0.4, -0.2) is 17.7 Å². The van der Waals surface area contributed by atoms with Crippen LogP contribution in [0.1, 0.15) is 46.0 Å². The third-order valence-corrected chi connectivity index (χ3v) is 5.38. The van der Waals surface area contributed by atoms with E-state index in [1.807, 2.05) is 6.92 Å². The first-order valence-electron chi connectivity index (χ1n) is 10.6. The Kier molecular flexibility index (Phi) is 8.30. The molecule has 1 N–H and O–H groups in total. The largest absolute Gasteiger partial charge is 0.449 e. The quantitative estimate of drug-likeness (QED) is 0.279. The number of carbonyl (C=O) groups is 3. The van der Waals surface area contributed by atoms with Gasteiger partial charge in [0.25, 0.3) is 0 Å². The smallest absolute Gasteiger partial charge is 0.416 e. The van der Waals surface area contributed by atoms with E-state index in [4.69, 9.17) is 16.3 Å². The zero-order chi connectivity index (χ0) is 25.6. The van der Waals surface area contributed by atoms with Gasteiger partial charge in [-0.1, -0.05) is 71.8 Å². The van der Waals surface area contributed by atoms with E-state index in [9.17, 15) is 27.6 Å². The van der Waals surface area contributed by atoms with Gasteiger partial charge >= 0.3 is 12.1 Å². The number of esters is 1. The third-order valence-electron chi connectivity index (χ3n) is 5.05. The maximum absolute atomic E-state index is 13.1. The molecule has 0 aromatic heterocycles. The lowest BCUT2D eigenvalue weighted by Crippen LogP contribution is -2.21. The minimum absolute atomic E-state index is 0.0817. The van der Waals surface area contributed by atoms with Crippen molar-refractivity contribution in [3.63, 3.8) is 0 Å². The highest BCUT2D eigenvalue weighted by Gasteiger charge is 2.31. The molecule has 5 nitrogen and oxygen atoms in total. The molecule has 0 spiro atoms. The van der Waals surface area contributed by atoms with Gasteiger partial charge in [0.15, 0.2) is 6.10 Å². The van der Waals surface area contributed by atoms with Crippen LogP contribution in [-0.2, 0) is 20.5 Å². The number of anilines is 1. The maximum Gasteiger partial charge on any atom is 0.416 e. The number of rotatable bonds is 8. The Hall–Kier alpha value is -3.65. The number of hydrogen-bond acceptors (Lipinski definition) is 4. The molecule has 3 aromatic rings. The third kappa shape index (κ3) is 7.16. The van der Waals surface area contributed by atoms with Gasteiger partial charge in [0.2, 0.25) is 11.7 Å². The van der Waals surface area contributed by atoms with Crippen molar-refractivity contribution in [1.82, 2.24) is 0 Å². The van der Waals surface area contributed by atoms with E-state index in [0.717, 1.165) is 17.7 Å². The Bertz CT molecular complexity index is 1210. The summed E-state index contributed by atoms with van der Waals surface area (Å²) in [6.07, 6.45) is -6.60. The SMILES string of the molecule is Cc1ccc(C(=O)[C@H](OC(=O)CCC(=O)Nc2cc(C(F)(F)F)ccc2Cl)c2ccccc2)cc1. The molecule has 0 aliphatic rings. The topological polar surface area (TPSA) is 72.5 Å². The van der Waals surface area contributed by atoms with Crippen molar-refractivity contribution >= 4 is 34.9 Å². The van der Waals surface area contributed by atoms with Gasteiger partial charge in [-0.25, -0.2) is 0 Å². The molecule has 0 saturated heterocycles. The van der Waals surface area contributed by atoms with E-state index in [-0.39, 0.29) is 17.1 Å². The van der Waals surface area contributed by atoms with Crippen molar-refractivity contribution in [3.05, 3.63) is 100 Å². The van der Waals surface area contributed by atoms with E-state index in [2.05, 4.69) is 5.32 Å². The molecule has 0 heterocycles. The highest BCUT2D eigenvalue weighted by atomic mass is 35.5. The van der Waals surface area contributed by atoms with Crippen LogP contribution < -0.4 is 5.32 Å². The van der Waals surface area contributed by atoms with Gasteiger partial charge in [0.05, 0.1) is 22.7 Å². The van der Waals surface area contributed by atoms with Gasteiger partial charge in [-0.2, -0.15) is 13.2 Å². The fourth-order valence-corrected chi connectivity index (χ4v) is 3.35. The highest BCUT2D eigenvalue weighted by molar-refractivity contribution is 6.33. The standard InChI is InChI=1S/C26H21ClF3NO4/c1-16-7-9-17(10-8-16)24(34)25(18-5-3-2-4-6-18)35-23(33)14-13-22(32)31-21-15-19(26(28,29)30)11-12-20(21)27/h2-12,15,25H,13-14H2,1H3,(H,31,32)/t25-/m1/s1. The monoisotopic (exact) mass is 503 g/mol. The fourth-order valence-electron chi connectivity index (χ4n) is 3.19. The zero-order valence-corrected chi connectivity index (χ0v) is 19.3. The summed E-state index contributed by atoms with van der Waals surface area (Å²) in [5.41, 5.74) is 0.580. The highest BCUT2D eigenvalue weighted by Crippen LogP contribution is 2.34. The van der Waals surface area contributed by atoms with Gasteiger partial charge in [0, 0.05) is 17.5 Å². The average Bonchev–Trinajstić information content (AvgIpc) is 2.82. The Labute approximate surface area is 204 Å². The van der Waals surface area contributed by atoms with Crippen LogP contribution in [0.25, 0.3) is 0 Å². The normalized spacial score (nSPS) is 12.0. The number of ether oxygens (including phenoxy) is 1.